The van der Waals surface area contributed by atoms with Crippen LogP contribution in [0.2, 0.25) is 0 Å². The van der Waals surface area contributed by atoms with E-state index in [1.165, 1.54) is 0 Å². The lowest BCUT2D eigenvalue weighted by Gasteiger charge is -2.11. The van der Waals surface area contributed by atoms with Gasteiger partial charge in [0.15, 0.2) is 27.7 Å². The number of phenolic OH excluding ortho intramolecular Hbond substituents is 4. The van der Waals surface area contributed by atoms with Gasteiger partial charge in [0.05, 0.1) is 0 Å². The van der Waals surface area contributed by atoms with Gasteiger partial charge < -0.3 is 29.9 Å². The molecule has 0 aliphatic heterocycles. The Kier molecular flexibility index (Phi) is 3.70. The molecule has 0 spiro atoms. The Balaban J connectivity index is 2.53. The van der Waals surface area contributed by atoms with Crippen LogP contribution in [0.1, 0.15) is 0 Å². The van der Waals surface area contributed by atoms with Crippen molar-refractivity contribution < 1.29 is 42.9 Å². The van der Waals surface area contributed by atoms with Crippen LogP contribution in [0.3, 0.4) is 0 Å². The quantitative estimate of drug-likeness (QED) is 0.278. The van der Waals surface area contributed by atoms with E-state index in [-0.39, 0.29) is 5.56 Å². The fourth-order valence-corrected chi connectivity index (χ4v) is 3.11. The average molecular weight is 382 g/mol. The van der Waals surface area contributed by atoms with Gasteiger partial charge in [0.1, 0.15) is 16.9 Å². The molecule has 136 valence electrons. The van der Waals surface area contributed by atoms with E-state index in [0.717, 1.165) is 18.2 Å². The van der Waals surface area contributed by atoms with E-state index in [1.54, 1.807) is 0 Å². The van der Waals surface area contributed by atoms with Crippen LogP contribution >= 0.6 is 0 Å². The summed E-state index contributed by atoms with van der Waals surface area (Å²) >= 11 is 0. The number of benzene rings is 2. The maximum Gasteiger partial charge on any atom is 0.302 e. The fraction of sp³-hybridized carbons (Fsp3) is 0. The minimum absolute atomic E-state index is 0.138. The van der Waals surface area contributed by atoms with Gasteiger partial charge in [-0.2, -0.15) is 8.42 Å². The lowest BCUT2D eigenvalue weighted by Crippen LogP contribution is -2.07. The first-order valence-corrected chi connectivity index (χ1v) is 8.21. The number of aromatic hydroxyl groups is 5. The van der Waals surface area contributed by atoms with E-state index in [2.05, 4.69) is 0 Å². The molecule has 3 aromatic rings. The maximum atomic E-state index is 12.3. The predicted octanol–water partition coefficient (Wildman–Crippen LogP) is 1.23. The second-order valence-electron chi connectivity index (χ2n) is 5.24. The Morgan fingerprint density at radius 3 is 2.08 bits per heavy atom. The molecular weight excluding hydrogens is 372 g/mol. The number of hydrogen-bond acceptors (Lipinski definition) is 9. The summed E-state index contributed by atoms with van der Waals surface area (Å²) in [5.41, 5.74) is -2.30. The van der Waals surface area contributed by atoms with Crippen molar-refractivity contribution in [1.82, 2.24) is 0 Å². The van der Waals surface area contributed by atoms with Gasteiger partial charge in [0, 0.05) is 11.6 Å². The topological polar surface area (TPSA) is 186 Å². The number of rotatable bonds is 2. The highest BCUT2D eigenvalue weighted by Gasteiger charge is 2.28. The van der Waals surface area contributed by atoms with E-state index in [4.69, 9.17) is 4.42 Å². The van der Waals surface area contributed by atoms with Crippen LogP contribution in [0.4, 0.5) is 0 Å². The van der Waals surface area contributed by atoms with Crippen LogP contribution in [0, 0.1) is 0 Å². The fourth-order valence-electron chi connectivity index (χ4n) is 2.41. The predicted molar refractivity (Wildman–Crippen MR) is 86.1 cm³/mol. The van der Waals surface area contributed by atoms with E-state index in [1.807, 2.05) is 0 Å². The van der Waals surface area contributed by atoms with E-state index in [9.17, 15) is 43.3 Å². The molecule has 11 heteroatoms. The Morgan fingerprint density at radius 2 is 1.50 bits per heavy atom. The molecule has 0 radical (unpaired) electrons. The van der Waals surface area contributed by atoms with Crippen molar-refractivity contribution in [2.24, 2.45) is 0 Å². The molecule has 2 aromatic carbocycles. The van der Waals surface area contributed by atoms with Crippen molar-refractivity contribution in [2.75, 3.05) is 0 Å². The van der Waals surface area contributed by atoms with Crippen molar-refractivity contribution in [1.29, 1.82) is 0 Å². The van der Waals surface area contributed by atoms with Crippen molar-refractivity contribution >= 4 is 21.1 Å². The second-order valence-corrected chi connectivity index (χ2v) is 6.59. The summed E-state index contributed by atoms with van der Waals surface area (Å²) in [6, 6.07) is 3.55. The summed E-state index contributed by atoms with van der Waals surface area (Å²) in [7, 11) is -5.09. The third-order valence-electron chi connectivity index (χ3n) is 3.55. The minimum Gasteiger partial charge on any atom is -0.507 e. The first kappa shape index (κ1) is 17.4. The molecule has 3 rings (SSSR count). The normalized spacial score (nSPS) is 11.7. The first-order chi connectivity index (χ1) is 12.0. The molecule has 1 aromatic heterocycles. The third kappa shape index (κ3) is 2.55. The summed E-state index contributed by atoms with van der Waals surface area (Å²) in [6.45, 7) is 0. The van der Waals surface area contributed by atoms with Crippen molar-refractivity contribution in [3.8, 4) is 40.1 Å². The monoisotopic (exact) mass is 382 g/mol. The zero-order valence-corrected chi connectivity index (χ0v) is 13.4. The maximum absolute atomic E-state index is 12.3. The Hall–Kier alpha value is -3.44. The molecule has 6 N–H and O–H groups in total. The number of phenols is 4. The highest BCUT2D eigenvalue weighted by Crippen LogP contribution is 2.41. The molecule has 0 unspecified atom stereocenters. The average Bonchev–Trinajstić information content (AvgIpc) is 2.51. The van der Waals surface area contributed by atoms with Crippen LogP contribution in [-0.4, -0.2) is 38.5 Å². The largest absolute Gasteiger partial charge is 0.507 e. The van der Waals surface area contributed by atoms with Gasteiger partial charge in [0.2, 0.25) is 11.2 Å². The molecule has 0 saturated carbocycles. The zero-order chi connectivity index (χ0) is 19.4. The third-order valence-corrected chi connectivity index (χ3v) is 4.46. The van der Waals surface area contributed by atoms with Crippen LogP contribution < -0.4 is 5.43 Å². The molecule has 0 bridgehead atoms. The summed E-state index contributed by atoms with van der Waals surface area (Å²) in [4.78, 5) is 11.2. The summed E-state index contributed by atoms with van der Waals surface area (Å²) in [6.07, 6.45) is 0. The molecule has 0 amide bonds. The number of hydrogen-bond donors (Lipinski definition) is 6. The van der Waals surface area contributed by atoms with Gasteiger partial charge in [0.25, 0.3) is 0 Å². The second kappa shape index (κ2) is 5.54. The SMILES string of the molecule is O=c1c(O)c(-c2ccc(O)c(O)c2)oc2c(S(=O)(=O)O)c(O)cc(O)c12. The summed E-state index contributed by atoms with van der Waals surface area (Å²) in [5.74, 6) is -4.79. The molecule has 0 saturated heterocycles. The van der Waals surface area contributed by atoms with E-state index in [0.29, 0.717) is 6.07 Å². The smallest absolute Gasteiger partial charge is 0.302 e. The molecule has 0 aliphatic rings. The highest BCUT2D eigenvalue weighted by atomic mass is 32.2. The lowest BCUT2D eigenvalue weighted by molar-refractivity contribution is 0.403. The molecule has 26 heavy (non-hydrogen) atoms. The molecular formula is C15H10O10S. The lowest BCUT2D eigenvalue weighted by atomic mass is 10.1. The Labute approximate surface area is 144 Å². The Bertz CT molecular complexity index is 1220. The van der Waals surface area contributed by atoms with Gasteiger partial charge in [-0.25, -0.2) is 0 Å². The van der Waals surface area contributed by atoms with Crippen molar-refractivity contribution in [3.05, 3.63) is 34.5 Å². The van der Waals surface area contributed by atoms with Crippen molar-refractivity contribution in [2.45, 2.75) is 4.90 Å². The van der Waals surface area contributed by atoms with Crippen LogP contribution in [0.5, 0.6) is 28.7 Å². The van der Waals surface area contributed by atoms with E-state index < -0.39 is 65.9 Å². The molecule has 0 atom stereocenters. The highest BCUT2D eigenvalue weighted by molar-refractivity contribution is 7.86. The molecule has 0 fully saturated rings. The van der Waals surface area contributed by atoms with Crippen LogP contribution in [-0.2, 0) is 10.1 Å². The molecule has 1 heterocycles. The summed E-state index contributed by atoms with van der Waals surface area (Å²) < 4.78 is 37.5. The zero-order valence-electron chi connectivity index (χ0n) is 12.5. The van der Waals surface area contributed by atoms with Crippen LogP contribution in [0.15, 0.2) is 38.4 Å². The van der Waals surface area contributed by atoms with Gasteiger partial charge in [-0.1, -0.05) is 0 Å². The Morgan fingerprint density at radius 1 is 0.846 bits per heavy atom. The van der Waals surface area contributed by atoms with Gasteiger partial charge in [-0.3, -0.25) is 9.35 Å². The number of fused-ring (bicyclic) bond motifs is 1. The summed E-state index contributed by atoms with van der Waals surface area (Å²) in [5, 5.41) is 47.7. The molecule has 0 aliphatic carbocycles. The van der Waals surface area contributed by atoms with Gasteiger partial charge in [-0.15, -0.1) is 0 Å². The van der Waals surface area contributed by atoms with Crippen molar-refractivity contribution in [3.63, 3.8) is 0 Å². The van der Waals surface area contributed by atoms with Gasteiger partial charge >= 0.3 is 10.1 Å². The van der Waals surface area contributed by atoms with Gasteiger partial charge in [-0.05, 0) is 18.2 Å². The first-order valence-electron chi connectivity index (χ1n) is 6.77. The minimum atomic E-state index is -5.09. The van der Waals surface area contributed by atoms with Crippen LogP contribution in [0.25, 0.3) is 22.3 Å². The standard InChI is InChI=1S/C15H10O10S/c16-6-2-1-5(3-7(6)17)13-12(21)11(20)10-8(18)4-9(19)15(14(10)25-13)26(22,23)24/h1-4,16-19,21H,(H,22,23,24). The molecule has 10 nitrogen and oxygen atoms in total. The van der Waals surface area contributed by atoms with E-state index >= 15 is 0 Å².